The summed E-state index contributed by atoms with van der Waals surface area (Å²) in [5.41, 5.74) is 2.39. The molecule has 0 radical (unpaired) electrons. The number of piperidine rings is 1. The number of rotatable bonds is 9. The van der Waals surface area contributed by atoms with Gasteiger partial charge in [-0.1, -0.05) is 0 Å². The molecule has 2 aliphatic rings. The first-order valence-electron chi connectivity index (χ1n) is 10.7. The van der Waals surface area contributed by atoms with E-state index in [0.29, 0.717) is 30.4 Å². The number of amides is 1. The standard InChI is InChI=1S/C22H28N6O3/c23-12-20-21(25-14-26-22(20)31-18-7-9-28(15-29)10-8-18)27-17-5-3-16(4-6-17)24-13-19-2-1-11-30-19/h3-6,12,14-15,18-19,23-24H,1-2,7-11,13H2,(H,25,26,27). The summed E-state index contributed by atoms with van der Waals surface area (Å²) in [5.74, 6) is 0.900. The van der Waals surface area contributed by atoms with E-state index >= 15 is 0 Å². The van der Waals surface area contributed by atoms with Crippen molar-refractivity contribution in [3.05, 3.63) is 36.2 Å². The van der Waals surface area contributed by atoms with Crippen LogP contribution in [0.5, 0.6) is 5.88 Å². The van der Waals surface area contributed by atoms with Crippen molar-refractivity contribution < 1.29 is 14.3 Å². The maximum absolute atomic E-state index is 10.9. The fraction of sp³-hybridized carbons (Fsp3) is 0.455. The van der Waals surface area contributed by atoms with Crippen molar-refractivity contribution in [2.24, 2.45) is 0 Å². The third kappa shape index (κ3) is 5.49. The highest BCUT2D eigenvalue weighted by Crippen LogP contribution is 2.26. The number of aromatic nitrogens is 2. The first-order chi connectivity index (χ1) is 15.2. The van der Waals surface area contributed by atoms with Crippen LogP contribution in [0.2, 0.25) is 0 Å². The van der Waals surface area contributed by atoms with E-state index in [-0.39, 0.29) is 12.2 Å². The highest BCUT2D eigenvalue weighted by molar-refractivity contribution is 5.88. The van der Waals surface area contributed by atoms with Gasteiger partial charge in [0.15, 0.2) is 0 Å². The zero-order chi connectivity index (χ0) is 21.5. The van der Waals surface area contributed by atoms with E-state index in [0.717, 1.165) is 56.6 Å². The van der Waals surface area contributed by atoms with Gasteiger partial charge >= 0.3 is 0 Å². The molecule has 9 heteroatoms. The molecule has 2 saturated heterocycles. The van der Waals surface area contributed by atoms with Gasteiger partial charge in [-0.15, -0.1) is 0 Å². The summed E-state index contributed by atoms with van der Waals surface area (Å²) in [6, 6.07) is 7.92. The highest BCUT2D eigenvalue weighted by Gasteiger charge is 2.22. The molecule has 31 heavy (non-hydrogen) atoms. The summed E-state index contributed by atoms with van der Waals surface area (Å²) in [7, 11) is 0. The van der Waals surface area contributed by atoms with E-state index in [1.807, 2.05) is 24.3 Å². The Bertz CT molecular complexity index is 877. The van der Waals surface area contributed by atoms with Crippen LogP contribution in [0.3, 0.4) is 0 Å². The largest absolute Gasteiger partial charge is 0.474 e. The number of anilines is 3. The molecule has 0 saturated carbocycles. The zero-order valence-electron chi connectivity index (χ0n) is 17.4. The van der Waals surface area contributed by atoms with Crippen LogP contribution < -0.4 is 15.4 Å². The van der Waals surface area contributed by atoms with Crippen LogP contribution in [0.15, 0.2) is 30.6 Å². The minimum atomic E-state index is -0.0353. The van der Waals surface area contributed by atoms with E-state index in [1.54, 1.807) is 4.90 Å². The molecule has 4 rings (SSSR count). The lowest BCUT2D eigenvalue weighted by Gasteiger charge is -2.29. The second kappa shape index (κ2) is 10.2. The van der Waals surface area contributed by atoms with Crippen LogP contribution in [0.1, 0.15) is 31.2 Å². The van der Waals surface area contributed by atoms with E-state index < -0.39 is 0 Å². The van der Waals surface area contributed by atoms with Crippen LogP contribution in [0.4, 0.5) is 17.2 Å². The molecule has 9 nitrogen and oxygen atoms in total. The lowest BCUT2D eigenvalue weighted by atomic mass is 10.1. The molecule has 1 unspecified atom stereocenters. The number of nitrogens with one attached hydrogen (secondary N) is 3. The molecular formula is C22H28N6O3. The normalized spacial score (nSPS) is 19.1. The first kappa shape index (κ1) is 21.0. The topological polar surface area (TPSA) is 112 Å². The van der Waals surface area contributed by atoms with Crippen molar-refractivity contribution in [2.75, 3.05) is 36.9 Å². The Morgan fingerprint density at radius 3 is 2.61 bits per heavy atom. The molecule has 1 atom stereocenters. The van der Waals surface area contributed by atoms with Crippen LogP contribution in [-0.4, -0.2) is 65.9 Å². The molecule has 1 aromatic heterocycles. The van der Waals surface area contributed by atoms with Crippen molar-refractivity contribution in [3.8, 4) is 5.88 Å². The van der Waals surface area contributed by atoms with E-state index in [2.05, 4.69) is 20.6 Å². The Balaban J connectivity index is 1.38. The number of nitrogens with zero attached hydrogens (tertiary/aromatic N) is 3. The molecule has 3 heterocycles. The molecule has 1 aromatic carbocycles. The second-order valence-electron chi connectivity index (χ2n) is 7.76. The number of benzene rings is 1. The van der Waals surface area contributed by atoms with Gasteiger partial charge in [-0.2, -0.15) is 0 Å². The Kier molecular flexibility index (Phi) is 6.93. The molecular weight excluding hydrogens is 396 g/mol. The number of carbonyl (C=O) groups is 1. The first-order valence-corrected chi connectivity index (χ1v) is 10.7. The van der Waals surface area contributed by atoms with Gasteiger partial charge in [-0.25, -0.2) is 9.97 Å². The number of likely N-dealkylation sites (tertiary alicyclic amines) is 1. The van der Waals surface area contributed by atoms with E-state index in [4.69, 9.17) is 14.9 Å². The van der Waals surface area contributed by atoms with Gasteiger partial charge in [0.2, 0.25) is 12.3 Å². The number of hydrogen-bond donors (Lipinski definition) is 3. The van der Waals surface area contributed by atoms with Gasteiger partial charge in [0.25, 0.3) is 0 Å². The van der Waals surface area contributed by atoms with Crippen molar-refractivity contribution in [3.63, 3.8) is 0 Å². The van der Waals surface area contributed by atoms with Gasteiger partial charge in [0.05, 0.1) is 11.7 Å². The Labute approximate surface area is 181 Å². The Hall–Kier alpha value is -3.20. The summed E-state index contributed by atoms with van der Waals surface area (Å²) in [4.78, 5) is 21.1. The van der Waals surface area contributed by atoms with E-state index in [9.17, 15) is 4.79 Å². The van der Waals surface area contributed by atoms with Crippen molar-refractivity contribution >= 4 is 29.8 Å². The summed E-state index contributed by atoms with van der Waals surface area (Å²) < 4.78 is 11.7. The SMILES string of the molecule is N=Cc1c(Nc2ccc(NCC3CCCO3)cc2)ncnc1OC1CCN(C=O)CC1. The molecule has 0 spiro atoms. The second-order valence-corrected chi connectivity index (χ2v) is 7.76. The average molecular weight is 425 g/mol. The predicted octanol–water partition coefficient (Wildman–Crippen LogP) is 2.81. The third-order valence-electron chi connectivity index (χ3n) is 5.60. The maximum atomic E-state index is 10.9. The van der Waals surface area contributed by atoms with Gasteiger partial charge in [0, 0.05) is 56.7 Å². The molecule has 0 bridgehead atoms. The molecule has 2 aliphatic heterocycles. The minimum absolute atomic E-state index is 0.0353. The summed E-state index contributed by atoms with van der Waals surface area (Å²) in [6.07, 6.45) is 7.48. The van der Waals surface area contributed by atoms with Crippen molar-refractivity contribution in [1.29, 1.82) is 5.41 Å². The molecule has 2 fully saturated rings. The molecule has 164 valence electrons. The van der Waals surface area contributed by atoms with Crippen LogP contribution in [0.25, 0.3) is 0 Å². The third-order valence-corrected chi connectivity index (χ3v) is 5.60. The molecule has 2 aromatic rings. The minimum Gasteiger partial charge on any atom is -0.474 e. The molecule has 0 aliphatic carbocycles. The molecule has 1 amide bonds. The summed E-state index contributed by atoms with van der Waals surface area (Å²) in [5, 5.41) is 14.5. The van der Waals surface area contributed by atoms with Crippen LogP contribution in [-0.2, 0) is 9.53 Å². The summed E-state index contributed by atoms with van der Waals surface area (Å²) in [6.45, 7) is 2.99. The van der Waals surface area contributed by atoms with Crippen molar-refractivity contribution in [2.45, 2.75) is 37.9 Å². The van der Waals surface area contributed by atoms with Crippen LogP contribution in [0, 0.1) is 5.41 Å². The monoisotopic (exact) mass is 424 g/mol. The summed E-state index contributed by atoms with van der Waals surface area (Å²) >= 11 is 0. The van der Waals surface area contributed by atoms with Gasteiger partial charge in [-0.3, -0.25) is 4.79 Å². The van der Waals surface area contributed by atoms with Crippen molar-refractivity contribution in [1.82, 2.24) is 14.9 Å². The predicted molar refractivity (Wildman–Crippen MR) is 118 cm³/mol. The Morgan fingerprint density at radius 2 is 1.94 bits per heavy atom. The lowest BCUT2D eigenvalue weighted by molar-refractivity contribution is -0.119. The smallest absolute Gasteiger partial charge is 0.227 e. The average Bonchev–Trinajstić information content (AvgIpc) is 3.33. The zero-order valence-corrected chi connectivity index (χ0v) is 17.4. The number of carbonyl (C=O) groups excluding carboxylic acids is 1. The maximum Gasteiger partial charge on any atom is 0.227 e. The number of hydrogen-bond acceptors (Lipinski definition) is 8. The van der Waals surface area contributed by atoms with Crippen LogP contribution >= 0.6 is 0 Å². The quantitative estimate of drug-likeness (QED) is 0.419. The highest BCUT2D eigenvalue weighted by atomic mass is 16.5. The van der Waals surface area contributed by atoms with Gasteiger partial charge in [-0.05, 0) is 37.1 Å². The fourth-order valence-electron chi connectivity index (χ4n) is 3.81. The van der Waals surface area contributed by atoms with E-state index in [1.165, 1.54) is 12.5 Å². The molecule has 3 N–H and O–H groups in total. The lowest BCUT2D eigenvalue weighted by Crippen LogP contribution is -2.37. The van der Waals surface area contributed by atoms with Gasteiger partial charge in [0.1, 0.15) is 18.2 Å². The fourth-order valence-corrected chi connectivity index (χ4v) is 3.81. The van der Waals surface area contributed by atoms with Gasteiger partial charge < -0.3 is 30.4 Å². The number of ether oxygens (including phenoxy) is 2. The Morgan fingerprint density at radius 1 is 1.16 bits per heavy atom.